The summed E-state index contributed by atoms with van der Waals surface area (Å²) in [5.74, 6) is -0.826. The number of aromatic nitrogens is 1. The third-order valence-electron chi connectivity index (χ3n) is 1.71. The van der Waals surface area contributed by atoms with E-state index in [2.05, 4.69) is 10.3 Å². The lowest BCUT2D eigenvalue weighted by Gasteiger charge is -2.07. The molecule has 0 radical (unpaired) electrons. The number of nitrogens with zero attached hydrogens (tertiary/aromatic N) is 1. The van der Waals surface area contributed by atoms with Gasteiger partial charge in [-0.3, -0.25) is 4.79 Å². The standard InChI is InChI=1S/C9H10F3N3OS/c10-9(11,12)17-5-4-15-8(16)7-6(13)2-1-3-14-7/h1-3H,4-5,13H2,(H,15,16). The van der Waals surface area contributed by atoms with Gasteiger partial charge in [0.15, 0.2) is 5.69 Å². The third kappa shape index (κ3) is 4.94. The zero-order valence-electron chi connectivity index (χ0n) is 8.62. The number of hydrogen-bond donors (Lipinski definition) is 2. The first kappa shape index (κ1) is 13.6. The van der Waals surface area contributed by atoms with Gasteiger partial charge in [-0.15, -0.1) is 0 Å². The Hall–Kier alpha value is -1.44. The van der Waals surface area contributed by atoms with Crippen molar-refractivity contribution in [3.63, 3.8) is 0 Å². The van der Waals surface area contributed by atoms with E-state index >= 15 is 0 Å². The van der Waals surface area contributed by atoms with Crippen LogP contribution >= 0.6 is 11.8 Å². The van der Waals surface area contributed by atoms with E-state index in [1.54, 1.807) is 6.07 Å². The summed E-state index contributed by atoms with van der Waals surface area (Å²) in [5.41, 5.74) is 1.41. The summed E-state index contributed by atoms with van der Waals surface area (Å²) in [7, 11) is 0. The normalized spacial score (nSPS) is 11.2. The Balaban J connectivity index is 2.39. The molecule has 0 unspecified atom stereocenters. The first-order chi connectivity index (χ1) is 7.90. The molecule has 0 aliphatic carbocycles. The fourth-order valence-corrected chi connectivity index (χ4v) is 1.46. The van der Waals surface area contributed by atoms with Crippen LogP contribution in [0, 0.1) is 0 Å². The van der Waals surface area contributed by atoms with E-state index in [1.165, 1.54) is 12.3 Å². The highest BCUT2D eigenvalue weighted by molar-refractivity contribution is 8.00. The molecule has 0 fully saturated rings. The number of nitrogens with two attached hydrogens (primary N) is 1. The maximum Gasteiger partial charge on any atom is 0.441 e. The van der Waals surface area contributed by atoms with Gasteiger partial charge in [0.05, 0.1) is 5.69 Å². The molecule has 0 bridgehead atoms. The molecule has 0 aliphatic rings. The summed E-state index contributed by atoms with van der Waals surface area (Å²) in [6.07, 6.45) is 1.38. The number of nitrogens with one attached hydrogen (secondary N) is 1. The van der Waals surface area contributed by atoms with Gasteiger partial charge in [-0.25, -0.2) is 4.98 Å². The lowest BCUT2D eigenvalue weighted by molar-refractivity contribution is -0.0327. The number of hydrogen-bond acceptors (Lipinski definition) is 4. The molecule has 1 heterocycles. The summed E-state index contributed by atoms with van der Waals surface area (Å²) in [6, 6.07) is 3.05. The second-order valence-corrected chi connectivity index (χ2v) is 4.15. The fraction of sp³-hybridized carbons (Fsp3) is 0.333. The smallest absolute Gasteiger partial charge is 0.397 e. The van der Waals surface area contributed by atoms with Crippen molar-refractivity contribution in [2.75, 3.05) is 18.0 Å². The van der Waals surface area contributed by atoms with E-state index in [9.17, 15) is 18.0 Å². The van der Waals surface area contributed by atoms with Crippen LogP contribution in [0.15, 0.2) is 18.3 Å². The monoisotopic (exact) mass is 265 g/mol. The molecule has 1 amide bonds. The molecule has 0 aromatic carbocycles. The summed E-state index contributed by atoms with van der Waals surface area (Å²) >= 11 is -0.191. The topological polar surface area (TPSA) is 68.0 Å². The lowest BCUT2D eigenvalue weighted by atomic mass is 10.3. The summed E-state index contributed by atoms with van der Waals surface area (Å²) in [5, 5.41) is 2.31. The van der Waals surface area contributed by atoms with E-state index in [0.29, 0.717) is 0 Å². The van der Waals surface area contributed by atoms with Crippen LogP contribution in [0.3, 0.4) is 0 Å². The van der Waals surface area contributed by atoms with Crippen LogP contribution < -0.4 is 11.1 Å². The van der Waals surface area contributed by atoms with Crippen LogP contribution in [0.2, 0.25) is 0 Å². The molecule has 1 aromatic rings. The minimum atomic E-state index is -4.28. The van der Waals surface area contributed by atoms with Crippen molar-refractivity contribution in [3.05, 3.63) is 24.0 Å². The molecule has 1 aromatic heterocycles. The number of thioether (sulfide) groups is 1. The quantitative estimate of drug-likeness (QED) is 0.812. The van der Waals surface area contributed by atoms with Crippen LogP contribution in [0.4, 0.5) is 18.9 Å². The molecule has 0 aliphatic heterocycles. The number of rotatable bonds is 4. The Bertz CT molecular complexity index is 397. The number of carbonyl (C=O) groups is 1. The lowest BCUT2D eigenvalue weighted by Crippen LogP contribution is -2.28. The second-order valence-electron chi connectivity index (χ2n) is 2.99. The van der Waals surface area contributed by atoms with Crippen molar-refractivity contribution in [1.82, 2.24) is 10.3 Å². The molecule has 0 atom stereocenters. The third-order valence-corrected chi connectivity index (χ3v) is 2.44. The average molecular weight is 265 g/mol. The molecule has 17 heavy (non-hydrogen) atoms. The predicted octanol–water partition coefficient (Wildman–Crippen LogP) is 1.65. The first-order valence-electron chi connectivity index (χ1n) is 4.59. The first-order valence-corrected chi connectivity index (χ1v) is 5.58. The largest absolute Gasteiger partial charge is 0.441 e. The maximum atomic E-state index is 11.8. The Morgan fingerprint density at radius 1 is 1.53 bits per heavy atom. The Morgan fingerprint density at radius 3 is 2.82 bits per heavy atom. The highest BCUT2D eigenvalue weighted by Crippen LogP contribution is 2.29. The van der Waals surface area contributed by atoms with Crippen molar-refractivity contribution < 1.29 is 18.0 Å². The predicted molar refractivity (Wildman–Crippen MR) is 59.5 cm³/mol. The van der Waals surface area contributed by atoms with Crippen molar-refractivity contribution in [3.8, 4) is 0 Å². The number of alkyl halides is 3. The van der Waals surface area contributed by atoms with Gasteiger partial charge in [0.25, 0.3) is 5.91 Å². The number of amides is 1. The Labute approximate surface area is 99.8 Å². The molecule has 8 heteroatoms. The number of anilines is 1. The van der Waals surface area contributed by atoms with Crippen LogP contribution in [0.5, 0.6) is 0 Å². The highest BCUT2D eigenvalue weighted by atomic mass is 32.2. The summed E-state index contributed by atoms with van der Waals surface area (Å²) < 4.78 is 35.4. The molecule has 3 N–H and O–H groups in total. The van der Waals surface area contributed by atoms with Crippen LogP contribution in [0.1, 0.15) is 10.5 Å². The van der Waals surface area contributed by atoms with Crippen molar-refractivity contribution in [2.45, 2.75) is 5.51 Å². The van der Waals surface area contributed by atoms with Gasteiger partial charge >= 0.3 is 5.51 Å². The van der Waals surface area contributed by atoms with Gasteiger partial charge in [-0.1, -0.05) is 0 Å². The van der Waals surface area contributed by atoms with E-state index in [-0.39, 0.29) is 35.4 Å². The molecule has 94 valence electrons. The summed E-state index contributed by atoms with van der Waals surface area (Å²) in [4.78, 5) is 15.2. The zero-order chi connectivity index (χ0) is 12.9. The van der Waals surface area contributed by atoms with Crippen LogP contribution in [-0.2, 0) is 0 Å². The molecule has 4 nitrogen and oxygen atoms in total. The van der Waals surface area contributed by atoms with E-state index in [0.717, 1.165) is 0 Å². The van der Waals surface area contributed by atoms with E-state index in [4.69, 9.17) is 5.73 Å². The molecule has 0 spiro atoms. The number of pyridine rings is 1. The maximum absolute atomic E-state index is 11.8. The average Bonchev–Trinajstić information content (AvgIpc) is 2.23. The fourth-order valence-electron chi connectivity index (χ4n) is 1.02. The molecular weight excluding hydrogens is 255 g/mol. The van der Waals surface area contributed by atoms with Crippen molar-refractivity contribution in [2.24, 2.45) is 0 Å². The zero-order valence-corrected chi connectivity index (χ0v) is 9.44. The number of halogens is 3. The van der Waals surface area contributed by atoms with Crippen molar-refractivity contribution >= 4 is 23.4 Å². The second kappa shape index (κ2) is 5.76. The number of carbonyl (C=O) groups excluding carboxylic acids is 1. The van der Waals surface area contributed by atoms with Crippen LogP contribution in [0.25, 0.3) is 0 Å². The Kier molecular flexibility index (Phi) is 4.62. The van der Waals surface area contributed by atoms with E-state index < -0.39 is 11.4 Å². The van der Waals surface area contributed by atoms with Crippen LogP contribution in [-0.4, -0.2) is 28.7 Å². The van der Waals surface area contributed by atoms with Gasteiger partial charge in [0.2, 0.25) is 0 Å². The van der Waals surface area contributed by atoms with Gasteiger partial charge in [0.1, 0.15) is 0 Å². The summed E-state index contributed by atoms with van der Waals surface area (Å²) in [6.45, 7) is -0.0982. The highest BCUT2D eigenvalue weighted by Gasteiger charge is 2.27. The molecule has 1 rings (SSSR count). The van der Waals surface area contributed by atoms with Gasteiger partial charge in [-0.05, 0) is 23.9 Å². The Morgan fingerprint density at radius 2 is 2.24 bits per heavy atom. The van der Waals surface area contributed by atoms with Gasteiger partial charge in [-0.2, -0.15) is 13.2 Å². The SMILES string of the molecule is Nc1cccnc1C(=O)NCCSC(F)(F)F. The minimum absolute atomic E-state index is 0.0181. The number of nitrogen functional groups attached to an aromatic ring is 1. The van der Waals surface area contributed by atoms with Gasteiger partial charge < -0.3 is 11.1 Å². The van der Waals surface area contributed by atoms with Gasteiger partial charge in [0, 0.05) is 18.5 Å². The minimum Gasteiger partial charge on any atom is -0.397 e. The van der Waals surface area contributed by atoms with Crippen molar-refractivity contribution in [1.29, 1.82) is 0 Å². The molecule has 0 saturated heterocycles. The molecular formula is C9H10F3N3OS. The molecule has 0 saturated carbocycles. The van der Waals surface area contributed by atoms with E-state index in [1.807, 2.05) is 0 Å².